The molecule has 2 aromatic rings. The second kappa shape index (κ2) is 9.84. The van der Waals surface area contributed by atoms with E-state index in [0.717, 1.165) is 5.56 Å². The van der Waals surface area contributed by atoms with Crippen molar-refractivity contribution in [3.05, 3.63) is 71.3 Å². The number of nitrogens with zero attached hydrogens (tertiary/aromatic N) is 2. The van der Waals surface area contributed by atoms with Crippen molar-refractivity contribution in [2.75, 3.05) is 32.8 Å². The van der Waals surface area contributed by atoms with Crippen LogP contribution in [-0.4, -0.2) is 60.6 Å². The van der Waals surface area contributed by atoms with Gasteiger partial charge in [0.1, 0.15) is 0 Å². The number of fused-ring (bicyclic) bond motifs is 1. The van der Waals surface area contributed by atoms with E-state index in [1.807, 2.05) is 37.3 Å². The molecule has 0 aliphatic carbocycles. The van der Waals surface area contributed by atoms with Gasteiger partial charge in [-0.05, 0) is 24.6 Å². The van der Waals surface area contributed by atoms with Gasteiger partial charge in [-0.3, -0.25) is 19.5 Å². The third-order valence-electron chi connectivity index (χ3n) is 4.81. The van der Waals surface area contributed by atoms with Crippen LogP contribution < -0.4 is 10.6 Å². The number of aliphatic hydroxyl groups excluding tert-OH is 1. The van der Waals surface area contributed by atoms with E-state index in [0.29, 0.717) is 36.7 Å². The van der Waals surface area contributed by atoms with Crippen molar-refractivity contribution in [2.24, 2.45) is 4.99 Å². The third kappa shape index (κ3) is 4.81. The molecule has 3 rings (SSSR count). The highest BCUT2D eigenvalue weighted by Crippen LogP contribution is 2.21. The highest BCUT2D eigenvalue weighted by Gasteiger charge is 2.34. The fourth-order valence-electron chi connectivity index (χ4n) is 3.27. The number of carbonyl (C=O) groups excluding carboxylic acids is 2. The first-order chi connectivity index (χ1) is 14.2. The average molecular weight is 394 g/mol. The Morgan fingerprint density at radius 1 is 1.00 bits per heavy atom. The van der Waals surface area contributed by atoms with Gasteiger partial charge in [0.05, 0.1) is 24.3 Å². The minimum Gasteiger partial charge on any atom is -0.396 e. The van der Waals surface area contributed by atoms with Crippen molar-refractivity contribution in [2.45, 2.75) is 12.8 Å². The van der Waals surface area contributed by atoms with E-state index in [1.165, 1.54) is 4.90 Å². The minimum atomic E-state index is -0.265. The van der Waals surface area contributed by atoms with E-state index in [1.54, 1.807) is 24.3 Å². The molecule has 0 saturated heterocycles. The van der Waals surface area contributed by atoms with Crippen LogP contribution >= 0.6 is 0 Å². The zero-order valence-electron chi connectivity index (χ0n) is 16.5. The molecule has 0 bridgehead atoms. The summed E-state index contributed by atoms with van der Waals surface area (Å²) < 4.78 is 0. The Kier molecular flexibility index (Phi) is 6.97. The number of imide groups is 1. The molecule has 3 N–H and O–H groups in total. The predicted octanol–water partition coefficient (Wildman–Crippen LogP) is 1.61. The summed E-state index contributed by atoms with van der Waals surface area (Å²) in [5, 5.41) is 16.0. The van der Waals surface area contributed by atoms with Gasteiger partial charge in [-0.15, -0.1) is 0 Å². The van der Waals surface area contributed by atoms with Crippen molar-refractivity contribution in [1.82, 2.24) is 15.5 Å². The number of nitrogens with one attached hydrogen (secondary N) is 2. The number of benzene rings is 2. The zero-order chi connectivity index (χ0) is 20.6. The van der Waals surface area contributed by atoms with Gasteiger partial charge in [-0.25, -0.2) is 0 Å². The molecule has 0 aromatic heterocycles. The van der Waals surface area contributed by atoms with Gasteiger partial charge in [0.15, 0.2) is 5.96 Å². The molecule has 1 heterocycles. The molecule has 2 amide bonds. The summed E-state index contributed by atoms with van der Waals surface area (Å²) in [5.74, 6) is -0.0427. The van der Waals surface area contributed by atoms with Gasteiger partial charge in [-0.2, -0.15) is 0 Å². The molecule has 7 nitrogen and oxygen atoms in total. The van der Waals surface area contributed by atoms with E-state index in [-0.39, 0.29) is 30.9 Å². The Labute approximate surface area is 170 Å². The lowest BCUT2D eigenvalue weighted by molar-refractivity contribution is 0.0657. The first-order valence-electron chi connectivity index (χ1n) is 9.79. The minimum absolute atomic E-state index is 0.00194. The number of aliphatic hydroxyl groups is 1. The van der Waals surface area contributed by atoms with Crippen LogP contribution in [0.2, 0.25) is 0 Å². The van der Waals surface area contributed by atoms with Crippen LogP contribution in [-0.2, 0) is 0 Å². The summed E-state index contributed by atoms with van der Waals surface area (Å²) in [6.45, 7) is 3.69. The molecule has 2 aromatic carbocycles. The normalized spacial score (nSPS) is 14.7. The third-order valence-corrected chi connectivity index (χ3v) is 4.81. The van der Waals surface area contributed by atoms with Crippen LogP contribution in [0.5, 0.6) is 0 Å². The Bertz CT molecular complexity index is 848. The van der Waals surface area contributed by atoms with Gasteiger partial charge in [0.25, 0.3) is 11.8 Å². The van der Waals surface area contributed by atoms with E-state index >= 15 is 0 Å². The van der Waals surface area contributed by atoms with Crippen molar-refractivity contribution < 1.29 is 14.7 Å². The van der Waals surface area contributed by atoms with Gasteiger partial charge in [0, 0.05) is 25.6 Å². The molecular weight excluding hydrogens is 368 g/mol. The monoisotopic (exact) mass is 394 g/mol. The Morgan fingerprint density at radius 3 is 2.21 bits per heavy atom. The molecule has 1 aliphatic rings. The number of carbonyl (C=O) groups is 2. The first-order valence-corrected chi connectivity index (χ1v) is 9.79. The van der Waals surface area contributed by atoms with Crippen LogP contribution in [0.25, 0.3) is 0 Å². The van der Waals surface area contributed by atoms with Gasteiger partial charge in [0.2, 0.25) is 0 Å². The topological polar surface area (TPSA) is 94.0 Å². The number of aliphatic imine (C=N–C) groups is 1. The lowest BCUT2D eigenvalue weighted by Crippen LogP contribution is -2.43. The van der Waals surface area contributed by atoms with Gasteiger partial charge < -0.3 is 15.7 Å². The molecule has 1 aliphatic heterocycles. The fourth-order valence-corrected chi connectivity index (χ4v) is 3.27. The molecule has 7 heteroatoms. The van der Waals surface area contributed by atoms with Crippen molar-refractivity contribution in [1.29, 1.82) is 0 Å². The highest BCUT2D eigenvalue weighted by atomic mass is 16.3. The molecule has 0 fully saturated rings. The fraction of sp³-hybridized carbons (Fsp3) is 0.318. The molecule has 1 unspecified atom stereocenters. The SMILES string of the molecule is CCNC(=NCC(CO)c1ccccc1)NCCN1C(=O)c2ccccc2C1=O. The van der Waals surface area contributed by atoms with Crippen molar-refractivity contribution in [3.63, 3.8) is 0 Å². The molecular formula is C22H26N4O3. The van der Waals surface area contributed by atoms with E-state index < -0.39 is 0 Å². The largest absolute Gasteiger partial charge is 0.396 e. The molecule has 0 saturated carbocycles. The molecule has 1 atom stereocenters. The number of hydrogen-bond acceptors (Lipinski definition) is 4. The summed E-state index contributed by atoms with van der Waals surface area (Å²) in [6.07, 6.45) is 0. The van der Waals surface area contributed by atoms with Crippen LogP contribution in [0.1, 0.15) is 39.1 Å². The smallest absolute Gasteiger partial charge is 0.261 e. The number of amides is 2. The van der Waals surface area contributed by atoms with E-state index in [9.17, 15) is 14.7 Å². The molecule has 0 radical (unpaired) electrons. The Hall–Kier alpha value is -3.19. The summed E-state index contributed by atoms with van der Waals surface area (Å²) in [4.78, 5) is 30.6. The average Bonchev–Trinajstić information content (AvgIpc) is 3.00. The zero-order valence-corrected chi connectivity index (χ0v) is 16.5. The Balaban J connectivity index is 1.58. The summed E-state index contributed by atoms with van der Waals surface area (Å²) in [5.41, 5.74) is 1.93. The van der Waals surface area contributed by atoms with Gasteiger partial charge >= 0.3 is 0 Å². The summed E-state index contributed by atoms with van der Waals surface area (Å²) in [7, 11) is 0. The summed E-state index contributed by atoms with van der Waals surface area (Å²) >= 11 is 0. The Morgan fingerprint density at radius 2 is 1.62 bits per heavy atom. The van der Waals surface area contributed by atoms with Crippen molar-refractivity contribution in [3.8, 4) is 0 Å². The van der Waals surface area contributed by atoms with Crippen molar-refractivity contribution >= 4 is 17.8 Å². The lowest BCUT2D eigenvalue weighted by atomic mass is 10.0. The highest BCUT2D eigenvalue weighted by molar-refractivity contribution is 6.21. The quantitative estimate of drug-likeness (QED) is 0.359. The number of hydrogen-bond donors (Lipinski definition) is 3. The van der Waals surface area contributed by atoms with E-state index in [2.05, 4.69) is 15.6 Å². The molecule has 152 valence electrons. The maximum absolute atomic E-state index is 12.4. The number of rotatable bonds is 8. The van der Waals surface area contributed by atoms with Crippen LogP contribution in [0, 0.1) is 0 Å². The molecule has 0 spiro atoms. The second-order valence-corrected chi connectivity index (χ2v) is 6.74. The second-order valence-electron chi connectivity index (χ2n) is 6.74. The molecule has 29 heavy (non-hydrogen) atoms. The summed E-state index contributed by atoms with van der Waals surface area (Å²) in [6, 6.07) is 16.6. The maximum Gasteiger partial charge on any atom is 0.261 e. The standard InChI is InChI=1S/C22H26N4O3/c1-2-23-22(25-14-17(15-27)16-8-4-3-5-9-16)24-12-13-26-20(28)18-10-6-7-11-19(18)21(26)29/h3-11,17,27H,2,12-15H2,1H3,(H2,23,24,25). The van der Waals surface area contributed by atoms with Gasteiger partial charge in [-0.1, -0.05) is 42.5 Å². The van der Waals surface area contributed by atoms with Crippen LogP contribution in [0.15, 0.2) is 59.6 Å². The predicted molar refractivity (Wildman–Crippen MR) is 112 cm³/mol. The van der Waals surface area contributed by atoms with Crippen LogP contribution in [0.3, 0.4) is 0 Å². The van der Waals surface area contributed by atoms with E-state index in [4.69, 9.17) is 0 Å². The lowest BCUT2D eigenvalue weighted by Gasteiger charge is -2.17. The number of guanidine groups is 1. The first kappa shape index (κ1) is 20.5. The van der Waals surface area contributed by atoms with Crippen LogP contribution in [0.4, 0.5) is 0 Å². The maximum atomic E-state index is 12.4.